The van der Waals surface area contributed by atoms with Gasteiger partial charge in [0.2, 0.25) is 11.1 Å². The topological polar surface area (TPSA) is 110 Å². The molecule has 29 heavy (non-hydrogen) atoms. The van der Waals surface area contributed by atoms with Gasteiger partial charge >= 0.3 is 0 Å². The van der Waals surface area contributed by atoms with Crippen molar-refractivity contribution in [3.8, 4) is 6.07 Å². The summed E-state index contributed by atoms with van der Waals surface area (Å²) in [5, 5.41) is 17.3. The van der Waals surface area contributed by atoms with E-state index in [9.17, 15) is 10.1 Å². The largest absolute Gasteiger partial charge is 0.376 e. The Bertz CT molecular complexity index is 1060. The Labute approximate surface area is 172 Å². The second kappa shape index (κ2) is 8.23. The van der Waals surface area contributed by atoms with Gasteiger partial charge in [-0.15, -0.1) is 5.10 Å². The summed E-state index contributed by atoms with van der Waals surface area (Å²) in [5.41, 5.74) is 2.34. The van der Waals surface area contributed by atoms with Gasteiger partial charge in [0.25, 0.3) is 5.78 Å². The fraction of sp³-hybridized carbons (Fsp3) is 0.421. The van der Waals surface area contributed by atoms with Crippen LogP contribution in [0.4, 0.5) is 5.82 Å². The molecule has 0 spiro atoms. The molecule has 0 bridgehead atoms. The summed E-state index contributed by atoms with van der Waals surface area (Å²) in [6.07, 6.45) is 5.51. The van der Waals surface area contributed by atoms with Gasteiger partial charge in [-0.25, -0.2) is 9.50 Å². The lowest BCUT2D eigenvalue weighted by Crippen LogP contribution is -2.22. The predicted molar refractivity (Wildman–Crippen MR) is 108 cm³/mol. The van der Waals surface area contributed by atoms with Gasteiger partial charge in [0, 0.05) is 24.7 Å². The lowest BCUT2D eigenvalue weighted by molar-refractivity contribution is -0.113. The van der Waals surface area contributed by atoms with Crippen LogP contribution >= 0.6 is 11.8 Å². The highest BCUT2D eigenvalue weighted by atomic mass is 32.2. The van der Waals surface area contributed by atoms with Crippen molar-refractivity contribution in [1.82, 2.24) is 24.1 Å². The molecule has 1 N–H and O–H groups in total. The maximum Gasteiger partial charge on any atom is 0.253 e. The van der Waals surface area contributed by atoms with Gasteiger partial charge in [0.05, 0.1) is 24.0 Å². The molecule has 0 saturated carbocycles. The molecule has 1 aliphatic rings. The van der Waals surface area contributed by atoms with Crippen LogP contribution in [0.15, 0.2) is 23.6 Å². The van der Waals surface area contributed by atoms with Gasteiger partial charge in [0.15, 0.2) is 0 Å². The van der Waals surface area contributed by atoms with Gasteiger partial charge in [-0.3, -0.25) is 4.79 Å². The van der Waals surface area contributed by atoms with Gasteiger partial charge in [0.1, 0.15) is 11.9 Å². The van der Waals surface area contributed by atoms with Crippen LogP contribution in [-0.2, 0) is 16.1 Å². The SMILES string of the molecule is Cc1c(C#N)c(NC(=O)CSc2nc3ncccn3n2)n(CC2CCCO2)c1C. The summed E-state index contributed by atoms with van der Waals surface area (Å²) >= 11 is 1.22. The number of rotatable bonds is 6. The van der Waals surface area contributed by atoms with Crippen LogP contribution in [0.25, 0.3) is 5.78 Å². The first-order chi connectivity index (χ1) is 14.1. The summed E-state index contributed by atoms with van der Waals surface area (Å²) in [7, 11) is 0. The Balaban J connectivity index is 1.49. The van der Waals surface area contributed by atoms with Crippen molar-refractivity contribution in [2.24, 2.45) is 0 Å². The molecule has 1 aliphatic heterocycles. The molecule has 0 aromatic carbocycles. The number of anilines is 1. The Morgan fingerprint density at radius 2 is 2.34 bits per heavy atom. The number of amides is 1. The Morgan fingerprint density at radius 1 is 1.48 bits per heavy atom. The molecule has 10 heteroatoms. The number of fused-ring (bicyclic) bond motifs is 1. The molecular weight excluding hydrogens is 390 g/mol. The van der Waals surface area contributed by atoms with E-state index in [1.54, 1.807) is 23.0 Å². The Morgan fingerprint density at radius 3 is 3.07 bits per heavy atom. The van der Waals surface area contributed by atoms with Crippen molar-refractivity contribution in [2.75, 3.05) is 17.7 Å². The standard InChI is InChI=1S/C19H21N7O2S/c1-12-13(2)25(10-14-5-3-8-28-14)17(15(12)9-20)22-16(27)11-29-19-23-18-21-6-4-7-26(18)24-19/h4,6-7,14H,3,5,8,10-11H2,1-2H3,(H,22,27). The number of carbonyl (C=O) groups excluding carboxylic acids is 1. The van der Waals surface area contributed by atoms with Crippen molar-refractivity contribution in [3.63, 3.8) is 0 Å². The predicted octanol–water partition coefficient (Wildman–Crippen LogP) is 2.32. The second-order valence-corrected chi connectivity index (χ2v) is 7.83. The minimum absolute atomic E-state index is 0.103. The van der Waals surface area contributed by atoms with E-state index in [2.05, 4.69) is 26.5 Å². The van der Waals surface area contributed by atoms with Crippen molar-refractivity contribution < 1.29 is 9.53 Å². The number of carbonyl (C=O) groups is 1. The summed E-state index contributed by atoms with van der Waals surface area (Å²) in [5.74, 6) is 0.932. The van der Waals surface area contributed by atoms with E-state index in [0.29, 0.717) is 28.9 Å². The van der Waals surface area contributed by atoms with Crippen LogP contribution in [0.5, 0.6) is 0 Å². The van der Waals surface area contributed by atoms with Gasteiger partial charge in [-0.1, -0.05) is 11.8 Å². The van der Waals surface area contributed by atoms with Gasteiger partial charge < -0.3 is 14.6 Å². The van der Waals surface area contributed by atoms with Crippen molar-refractivity contribution >= 4 is 29.3 Å². The van der Waals surface area contributed by atoms with Crippen molar-refractivity contribution in [2.45, 2.75) is 44.5 Å². The highest BCUT2D eigenvalue weighted by Gasteiger charge is 2.24. The van der Waals surface area contributed by atoms with Crippen LogP contribution in [0, 0.1) is 25.2 Å². The first-order valence-electron chi connectivity index (χ1n) is 9.38. The lowest BCUT2D eigenvalue weighted by atomic mass is 10.2. The molecule has 3 aromatic heterocycles. The van der Waals surface area contributed by atoms with Crippen LogP contribution in [0.3, 0.4) is 0 Å². The molecule has 3 aromatic rings. The Hall–Kier alpha value is -2.90. The number of nitriles is 1. The number of nitrogens with one attached hydrogen (secondary N) is 1. The van der Waals surface area contributed by atoms with Crippen LogP contribution in [0.1, 0.15) is 29.7 Å². The zero-order chi connectivity index (χ0) is 20.4. The van der Waals surface area contributed by atoms with E-state index < -0.39 is 0 Å². The molecule has 1 unspecified atom stereocenters. The lowest BCUT2D eigenvalue weighted by Gasteiger charge is -2.16. The van der Waals surface area contributed by atoms with Crippen LogP contribution in [-0.4, -0.2) is 48.5 Å². The molecule has 9 nitrogen and oxygen atoms in total. The maximum absolute atomic E-state index is 12.6. The summed E-state index contributed by atoms with van der Waals surface area (Å²) in [6.45, 7) is 5.24. The third-order valence-electron chi connectivity index (χ3n) is 5.04. The van der Waals surface area contributed by atoms with E-state index in [1.807, 2.05) is 18.4 Å². The van der Waals surface area contributed by atoms with Gasteiger partial charge in [-0.2, -0.15) is 10.2 Å². The number of ether oxygens (including phenoxy) is 1. The normalized spacial score (nSPS) is 16.2. The number of aromatic nitrogens is 5. The maximum atomic E-state index is 12.6. The quantitative estimate of drug-likeness (QED) is 0.620. The number of nitrogens with zero attached hydrogens (tertiary/aromatic N) is 6. The molecule has 4 rings (SSSR count). The van der Waals surface area contributed by atoms with E-state index in [1.165, 1.54) is 11.8 Å². The number of hydrogen-bond donors (Lipinski definition) is 1. The molecule has 1 fully saturated rings. The molecule has 0 aliphatic carbocycles. The fourth-order valence-electron chi connectivity index (χ4n) is 3.42. The average Bonchev–Trinajstić information content (AvgIpc) is 3.42. The Kier molecular flexibility index (Phi) is 5.51. The summed E-state index contributed by atoms with van der Waals surface area (Å²) in [6, 6.07) is 3.99. The first kappa shape index (κ1) is 19.4. The summed E-state index contributed by atoms with van der Waals surface area (Å²) < 4.78 is 9.29. The minimum atomic E-state index is -0.218. The smallest absolute Gasteiger partial charge is 0.253 e. The molecular formula is C19H21N7O2S. The van der Waals surface area contributed by atoms with E-state index in [-0.39, 0.29) is 17.8 Å². The summed E-state index contributed by atoms with van der Waals surface area (Å²) in [4.78, 5) is 21.0. The third kappa shape index (κ3) is 3.97. The monoisotopic (exact) mass is 411 g/mol. The van der Waals surface area contributed by atoms with Gasteiger partial charge in [-0.05, 0) is 38.3 Å². The molecule has 1 atom stereocenters. The molecule has 0 radical (unpaired) electrons. The zero-order valence-electron chi connectivity index (χ0n) is 16.3. The first-order valence-corrected chi connectivity index (χ1v) is 10.4. The van der Waals surface area contributed by atoms with Crippen molar-refractivity contribution in [3.05, 3.63) is 35.3 Å². The fourth-order valence-corrected chi connectivity index (χ4v) is 4.05. The zero-order valence-corrected chi connectivity index (χ0v) is 17.1. The third-order valence-corrected chi connectivity index (χ3v) is 5.88. The molecule has 150 valence electrons. The van der Waals surface area contributed by atoms with Crippen LogP contribution in [0.2, 0.25) is 0 Å². The van der Waals surface area contributed by atoms with Crippen molar-refractivity contribution in [1.29, 1.82) is 5.26 Å². The molecule has 1 saturated heterocycles. The van der Waals surface area contributed by atoms with E-state index in [0.717, 1.165) is 30.7 Å². The highest BCUT2D eigenvalue weighted by Crippen LogP contribution is 2.28. The van der Waals surface area contributed by atoms with E-state index in [4.69, 9.17) is 4.74 Å². The van der Waals surface area contributed by atoms with Crippen LogP contribution < -0.4 is 5.32 Å². The minimum Gasteiger partial charge on any atom is -0.376 e. The van der Waals surface area contributed by atoms with E-state index >= 15 is 0 Å². The molecule has 4 heterocycles. The number of hydrogen-bond acceptors (Lipinski definition) is 7. The highest BCUT2D eigenvalue weighted by molar-refractivity contribution is 7.99. The molecule has 1 amide bonds. The second-order valence-electron chi connectivity index (χ2n) is 6.89. The number of thioether (sulfide) groups is 1. The average molecular weight is 411 g/mol.